The minimum Gasteiger partial charge on any atom is -0.385 e. The van der Waals surface area contributed by atoms with Crippen molar-refractivity contribution in [1.82, 2.24) is 5.06 Å². The van der Waals surface area contributed by atoms with E-state index >= 15 is 0 Å². The van der Waals surface area contributed by atoms with Crippen molar-refractivity contribution in [3.8, 4) is 0 Å². The van der Waals surface area contributed by atoms with Gasteiger partial charge in [0.1, 0.15) is 0 Å². The van der Waals surface area contributed by atoms with Gasteiger partial charge in [-0.25, -0.2) is 0 Å². The van der Waals surface area contributed by atoms with Gasteiger partial charge in [-0.2, -0.15) is 18.2 Å². The summed E-state index contributed by atoms with van der Waals surface area (Å²) in [5.74, 6) is 0. The molecule has 2 rings (SSSR count). The first-order chi connectivity index (χ1) is 8.72. The molecule has 19 heavy (non-hydrogen) atoms. The van der Waals surface area contributed by atoms with Crippen molar-refractivity contribution >= 4 is 11.6 Å². The van der Waals surface area contributed by atoms with Crippen LogP contribution in [0.25, 0.3) is 0 Å². The maximum absolute atomic E-state index is 12.8. The maximum Gasteiger partial charge on any atom is 0.417 e. The Balaban J connectivity index is 2.36. The summed E-state index contributed by atoms with van der Waals surface area (Å²) in [5, 5.41) is 20.3. The van der Waals surface area contributed by atoms with E-state index in [2.05, 4.69) is 0 Å². The van der Waals surface area contributed by atoms with Gasteiger partial charge in [-0.1, -0.05) is 17.7 Å². The van der Waals surface area contributed by atoms with Crippen LogP contribution < -0.4 is 0 Å². The summed E-state index contributed by atoms with van der Waals surface area (Å²) < 4.78 is 38.3. The molecule has 0 radical (unpaired) electrons. The van der Waals surface area contributed by atoms with Crippen LogP contribution >= 0.6 is 11.6 Å². The summed E-state index contributed by atoms with van der Waals surface area (Å²) in [5.41, 5.74) is -2.13. The topological polar surface area (TPSA) is 43.7 Å². The predicted octanol–water partition coefficient (Wildman–Crippen LogP) is 3.03. The number of rotatable bonds is 1. The molecule has 0 spiro atoms. The van der Waals surface area contributed by atoms with Gasteiger partial charge in [0.05, 0.1) is 16.2 Å². The van der Waals surface area contributed by atoms with Crippen molar-refractivity contribution < 1.29 is 23.5 Å². The molecular weight excluding hydrogens is 283 g/mol. The lowest BCUT2D eigenvalue weighted by molar-refractivity contribution is -0.150. The van der Waals surface area contributed by atoms with Gasteiger partial charge in [0, 0.05) is 13.1 Å². The normalized spacial score (nSPS) is 20.5. The third kappa shape index (κ3) is 3.02. The summed E-state index contributed by atoms with van der Waals surface area (Å²) in [6.07, 6.45) is -4.22. The molecule has 0 amide bonds. The minimum absolute atomic E-state index is 0.169. The maximum atomic E-state index is 12.8. The molecule has 1 aliphatic heterocycles. The molecule has 1 aromatic rings. The van der Waals surface area contributed by atoms with Gasteiger partial charge in [0.2, 0.25) is 0 Å². The van der Waals surface area contributed by atoms with E-state index in [1.165, 1.54) is 6.07 Å². The second-order valence-corrected chi connectivity index (χ2v) is 5.08. The van der Waals surface area contributed by atoms with E-state index in [1.54, 1.807) is 0 Å². The number of benzene rings is 1. The molecule has 7 heteroatoms. The average molecular weight is 296 g/mol. The van der Waals surface area contributed by atoms with Gasteiger partial charge in [0.15, 0.2) is 0 Å². The van der Waals surface area contributed by atoms with Gasteiger partial charge in [-0.3, -0.25) is 0 Å². The Morgan fingerprint density at radius 2 is 1.79 bits per heavy atom. The van der Waals surface area contributed by atoms with Crippen LogP contribution in [-0.4, -0.2) is 28.5 Å². The van der Waals surface area contributed by atoms with Crippen molar-refractivity contribution in [2.75, 3.05) is 13.1 Å². The summed E-state index contributed by atoms with van der Waals surface area (Å²) >= 11 is 5.54. The van der Waals surface area contributed by atoms with Gasteiger partial charge >= 0.3 is 6.18 Å². The number of alkyl halides is 3. The second-order valence-electron chi connectivity index (χ2n) is 4.68. The number of hydroxylamine groups is 2. The Morgan fingerprint density at radius 3 is 2.32 bits per heavy atom. The molecule has 1 aliphatic rings. The first-order valence-electron chi connectivity index (χ1n) is 5.76. The summed E-state index contributed by atoms with van der Waals surface area (Å²) in [6, 6.07) is 3.42. The summed E-state index contributed by atoms with van der Waals surface area (Å²) in [6.45, 7) is 0.418. The monoisotopic (exact) mass is 295 g/mol. The lowest BCUT2D eigenvalue weighted by atomic mass is 9.84. The van der Waals surface area contributed by atoms with E-state index in [-0.39, 0.29) is 36.5 Å². The Kier molecular flexibility index (Phi) is 3.79. The number of nitrogens with zero attached hydrogens (tertiary/aromatic N) is 1. The van der Waals surface area contributed by atoms with Crippen LogP contribution in [0.1, 0.15) is 24.0 Å². The molecule has 1 fully saturated rings. The average Bonchev–Trinajstić information content (AvgIpc) is 2.32. The van der Waals surface area contributed by atoms with Gasteiger partial charge < -0.3 is 10.3 Å². The first kappa shape index (κ1) is 14.6. The molecule has 0 atom stereocenters. The number of halogens is 4. The van der Waals surface area contributed by atoms with E-state index < -0.39 is 17.3 Å². The molecule has 3 nitrogen and oxygen atoms in total. The fraction of sp³-hybridized carbons (Fsp3) is 0.500. The lowest BCUT2D eigenvalue weighted by Crippen LogP contribution is -2.41. The third-order valence-electron chi connectivity index (χ3n) is 3.38. The van der Waals surface area contributed by atoms with Crippen LogP contribution in [0, 0.1) is 0 Å². The van der Waals surface area contributed by atoms with E-state index in [0.29, 0.717) is 0 Å². The lowest BCUT2D eigenvalue weighted by Gasteiger charge is -2.36. The molecule has 1 saturated heterocycles. The predicted molar refractivity (Wildman–Crippen MR) is 62.9 cm³/mol. The van der Waals surface area contributed by atoms with Crippen LogP contribution in [0.3, 0.4) is 0 Å². The third-order valence-corrected chi connectivity index (χ3v) is 3.71. The van der Waals surface area contributed by atoms with Crippen molar-refractivity contribution in [2.24, 2.45) is 0 Å². The number of aliphatic hydroxyl groups is 1. The Labute approximate surface area is 113 Å². The minimum atomic E-state index is -4.55. The highest BCUT2D eigenvalue weighted by Gasteiger charge is 2.38. The molecule has 0 bridgehead atoms. The molecule has 0 saturated carbocycles. The number of hydrogen-bond donors (Lipinski definition) is 2. The van der Waals surface area contributed by atoms with E-state index in [4.69, 9.17) is 11.6 Å². The second kappa shape index (κ2) is 4.94. The van der Waals surface area contributed by atoms with Crippen molar-refractivity contribution in [1.29, 1.82) is 0 Å². The van der Waals surface area contributed by atoms with Crippen LogP contribution in [0.5, 0.6) is 0 Å². The fourth-order valence-corrected chi connectivity index (χ4v) is 2.41. The van der Waals surface area contributed by atoms with E-state index in [1.807, 2.05) is 0 Å². The molecule has 1 heterocycles. The number of hydrogen-bond acceptors (Lipinski definition) is 3. The zero-order chi connectivity index (χ0) is 14.3. The Morgan fingerprint density at radius 1 is 1.21 bits per heavy atom. The smallest absolute Gasteiger partial charge is 0.385 e. The van der Waals surface area contributed by atoms with Gasteiger partial charge in [-0.05, 0) is 30.5 Å². The van der Waals surface area contributed by atoms with E-state index in [0.717, 1.165) is 17.2 Å². The molecule has 2 N–H and O–H groups in total. The van der Waals surface area contributed by atoms with E-state index in [9.17, 15) is 23.5 Å². The molecule has 0 aliphatic carbocycles. The van der Waals surface area contributed by atoms with Crippen molar-refractivity contribution in [2.45, 2.75) is 24.6 Å². The number of piperidine rings is 1. The van der Waals surface area contributed by atoms with Crippen LogP contribution in [0.2, 0.25) is 5.02 Å². The highest BCUT2D eigenvalue weighted by molar-refractivity contribution is 6.31. The zero-order valence-corrected chi connectivity index (χ0v) is 10.7. The molecule has 106 valence electrons. The fourth-order valence-electron chi connectivity index (χ4n) is 2.19. The summed E-state index contributed by atoms with van der Waals surface area (Å²) in [4.78, 5) is 0. The molecule has 0 unspecified atom stereocenters. The van der Waals surface area contributed by atoms with Crippen molar-refractivity contribution in [3.05, 3.63) is 34.3 Å². The van der Waals surface area contributed by atoms with Crippen LogP contribution in [-0.2, 0) is 11.8 Å². The van der Waals surface area contributed by atoms with Crippen LogP contribution in [0.4, 0.5) is 13.2 Å². The molecule has 0 aromatic heterocycles. The van der Waals surface area contributed by atoms with Gasteiger partial charge in [-0.15, -0.1) is 0 Å². The largest absolute Gasteiger partial charge is 0.417 e. The highest BCUT2D eigenvalue weighted by Crippen LogP contribution is 2.39. The summed E-state index contributed by atoms with van der Waals surface area (Å²) in [7, 11) is 0. The quantitative estimate of drug-likeness (QED) is 0.837. The van der Waals surface area contributed by atoms with Crippen molar-refractivity contribution in [3.63, 3.8) is 0 Å². The SMILES string of the molecule is ON1CCC(O)(c2ccc(Cl)c(C(F)(F)F)c2)CC1. The Hall–Kier alpha value is -0.820. The van der Waals surface area contributed by atoms with Gasteiger partial charge in [0.25, 0.3) is 0 Å². The highest BCUT2D eigenvalue weighted by atomic mass is 35.5. The zero-order valence-electron chi connectivity index (χ0n) is 9.91. The Bertz CT molecular complexity index is 471. The first-order valence-corrected chi connectivity index (χ1v) is 6.14. The molecular formula is C12H13ClF3NO2. The molecule has 1 aromatic carbocycles. The standard InChI is InChI=1S/C12H13ClF3NO2/c13-10-2-1-8(7-9(10)12(14,15)16)11(18)3-5-17(19)6-4-11/h1-2,7,18-19H,3-6H2. The van der Waals surface area contributed by atoms with Crippen LogP contribution in [0.15, 0.2) is 18.2 Å².